The van der Waals surface area contributed by atoms with Crippen molar-refractivity contribution in [3.8, 4) is 11.3 Å². The van der Waals surface area contributed by atoms with E-state index in [-0.39, 0.29) is 10.8 Å². The summed E-state index contributed by atoms with van der Waals surface area (Å²) in [5.41, 5.74) is 10.7. The first-order valence-electron chi connectivity index (χ1n) is 7.05. The highest BCUT2D eigenvalue weighted by Gasteiger charge is 2.21. The van der Waals surface area contributed by atoms with Crippen molar-refractivity contribution in [3.05, 3.63) is 35.4 Å². The first-order valence-corrected chi connectivity index (χ1v) is 7.05. The lowest BCUT2D eigenvalue weighted by molar-refractivity contribution is 0.569. The van der Waals surface area contributed by atoms with Crippen LogP contribution in [-0.2, 0) is 10.8 Å². The van der Waals surface area contributed by atoms with E-state index in [0.29, 0.717) is 5.82 Å². The predicted molar refractivity (Wildman–Crippen MR) is 85.8 cm³/mol. The molecule has 0 amide bonds. The van der Waals surface area contributed by atoms with Gasteiger partial charge in [0.05, 0.1) is 5.69 Å². The molecule has 108 valence electrons. The highest BCUT2D eigenvalue weighted by molar-refractivity contribution is 5.64. The molecule has 0 aliphatic heterocycles. The van der Waals surface area contributed by atoms with Gasteiger partial charge in [0.1, 0.15) is 5.82 Å². The fraction of sp³-hybridized carbons (Fsp3) is 0.471. The second kappa shape index (κ2) is 4.65. The number of anilines is 1. The summed E-state index contributed by atoms with van der Waals surface area (Å²) in [5.74, 6) is 0.526. The van der Waals surface area contributed by atoms with Gasteiger partial charge < -0.3 is 5.73 Å². The van der Waals surface area contributed by atoms with E-state index in [1.54, 1.807) is 0 Å². The number of rotatable bonds is 1. The van der Waals surface area contributed by atoms with Crippen molar-refractivity contribution in [2.45, 2.75) is 52.4 Å². The van der Waals surface area contributed by atoms with Crippen molar-refractivity contribution >= 4 is 5.82 Å². The summed E-state index contributed by atoms with van der Waals surface area (Å²) in [6.07, 6.45) is 0. The molecule has 0 bridgehead atoms. The minimum absolute atomic E-state index is 0.113. The Morgan fingerprint density at radius 2 is 1.35 bits per heavy atom. The van der Waals surface area contributed by atoms with Gasteiger partial charge in [-0.15, -0.1) is 0 Å². The molecule has 0 atom stereocenters. The number of H-pyrrole nitrogens is 1. The van der Waals surface area contributed by atoms with Crippen molar-refractivity contribution in [2.75, 3.05) is 5.73 Å². The van der Waals surface area contributed by atoms with Gasteiger partial charge in [0.2, 0.25) is 0 Å². The Balaban J connectivity index is 2.63. The van der Waals surface area contributed by atoms with Crippen LogP contribution in [0.5, 0.6) is 0 Å². The van der Waals surface area contributed by atoms with E-state index in [1.165, 1.54) is 11.1 Å². The number of nitrogens with one attached hydrogen (secondary N) is 1. The highest BCUT2D eigenvalue weighted by atomic mass is 15.2. The third kappa shape index (κ3) is 3.03. The average molecular weight is 271 g/mol. The molecule has 3 N–H and O–H groups in total. The molecule has 0 spiro atoms. The second-order valence-electron chi connectivity index (χ2n) is 7.51. The lowest BCUT2D eigenvalue weighted by atomic mass is 9.79. The van der Waals surface area contributed by atoms with Gasteiger partial charge in [-0.3, -0.25) is 5.10 Å². The standard InChI is InChI=1S/C17H25N3/c1-16(2,3)12-7-11(14-10-15(18)20-19-14)8-13(9-12)17(4,5)6/h7-10H,1-6H3,(H3,18,19,20). The predicted octanol–water partition coefficient (Wildman–Crippen LogP) is 4.25. The van der Waals surface area contributed by atoms with Crippen LogP contribution in [0, 0.1) is 0 Å². The van der Waals surface area contributed by atoms with E-state index in [4.69, 9.17) is 5.73 Å². The number of aromatic amines is 1. The maximum absolute atomic E-state index is 5.72. The summed E-state index contributed by atoms with van der Waals surface area (Å²) in [5, 5.41) is 7.03. The lowest BCUT2D eigenvalue weighted by Crippen LogP contribution is -2.16. The number of benzene rings is 1. The number of hydrogen-bond donors (Lipinski definition) is 2. The van der Waals surface area contributed by atoms with Crippen LogP contribution < -0.4 is 5.73 Å². The first-order chi connectivity index (χ1) is 9.07. The molecule has 3 heteroatoms. The molecule has 1 heterocycles. The SMILES string of the molecule is CC(C)(C)c1cc(-c2cc(N)n[nH]2)cc(C(C)(C)C)c1. The summed E-state index contributed by atoms with van der Waals surface area (Å²) in [6.45, 7) is 13.4. The molecule has 0 unspecified atom stereocenters. The van der Waals surface area contributed by atoms with Gasteiger partial charge >= 0.3 is 0 Å². The maximum Gasteiger partial charge on any atom is 0.145 e. The lowest BCUT2D eigenvalue weighted by Gasteiger charge is -2.26. The molecular formula is C17H25N3. The molecule has 2 aromatic rings. The van der Waals surface area contributed by atoms with Gasteiger partial charge in [-0.1, -0.05) is 47.6 Å². The molecule has 0 aliphatic carbocycles. The molecular weight excluding hydrogens is 246 g/mol. The smallest absolute Gasteiger partial charge is 0.145 e. The zero-order valence-electron chi connectivity index (χ0n) is 13.3. The topological polar surface area (TPSA) is 54.7 Å². The van der Waals surface area contributed by atoms with Crippen LogP contribution in [-0.4, -0.2) is 10.2 Å². The molecule has 0 saturated carbocycles. The van der Waals surface area contributed by atoms with E-state index in [9.17, 15) is 0 Å². The van der Waals surface area contributed by atoms with Crippen LogP contribution >= 0.6 is 0 Å². The number of hydrogen-bond acceptors (Lipinski definition) is 2. The van der Waals surface area contributed by atoms with E-state index in [2.05, 4.69) is 69.9 Å². The Kier molecular flexibility index (Phi) is 3.41. The normalized spacial score (nSPS) is 12.7. The van der Waals surface area contributed by atoms with Crippen LogP contribution in [0.3, 0.4) is 0 Å². The molecule has 20 heavy (non-hydrogen) atoms. The van der Waals surface area contributed by atoms with Crippen molar-refractivity contribution in [2.24, 2.45) is 0 Å². The van der Waals surface area contributed by atoms with E-state index >= 15 is 0 Å². The van der Waals surface area contributed by atoms with E-state index in [0.717, 1.165) is 11.3 Å². The van der Waals surface area contributed by atoms with Gasteiger partial charge in [-0.25, -0.2) is 0 Å². The third-order valence-corrected chi connectivity index (χ3v) is 3.57. The Hall–Kier alpha value is -1.77. The van der Waals surface area contributed by atoms with Gasteiger partial charge in [0.15, 0.2) is 0 Å². The Morgan fingerprint density at radius 1 is 0.850 bits per heavy atom. The summed E-state index contributed by atoms with van der Waals surface area (Å²) in [7, 11) is 0. The zero-order chi connectivity index (χ0) is 15.1. The van der Waals surface area contributed by atoms with Crippen molar-refractivity contribution in [3.63, 3.8) is 0 Å². The van der Waals surface area contributed by atoms with Crippen LogP contribution in [0.15, 0.2) is 24.3 Å². The fourth-order valence-electron chi connectivity index (χ4n) is 2.13. The highest BCUT2D eigenvalue weighted by Crippen LogP contribution is 2.33. The molecule has 0 fully saturated rings. The zero-order valence-corrected chi connectivity index (χ0v) is 13.3. The molecule has 0 aliphatic rings. The molecule has 0 saturated heterocycles. The summed E-state index contributed by atoms with van der Waals surface area (Å²) < 4.78 is 0. The summed E-state index contributed by atoms with van der Waals surface area (Å²) in [6, 6.07) is 8.64. The minimum Gasteiger partial charge on any atom is -0.382 e. The monoisotopic (exact) mass is 271 g/mol. The quantitative estimate of drug-likeness (QED) is 0.814. The number of nitrogen functional groups attached to an aromatic ring is 1. The molecule has 2 rings (SSSR count). The fourth-order valence-corrected chi connectivity index (χ4v) is 2.13. The largest absolute Gasteiger partial charge is 0.382 e. The molecule has 1 aromatic carbocycles. The minimum atomic E-state index is 0.113. The van der Waals surface area contributed by atoms with Gasteiger partial charge in [-0.05, 0) is 34.1 Å². The Morgan fingerprint density at radius 3 is 1.70 bits per heavy atom. The van der Waals surface area contributed by atoms with Crippen LogP contribution in [0.4, 0.5) is 5.82 Å². The average Bonchev–Trinajstić information content (AvgIpc) is 2.73. The van der Waals surface area contributed by atoms with E-state index < -0.39 is 0 Å². The first kappa shape index (κ1) is 14.6. The van der Waals surface area contributed by atoms with Gasteiger partial charge in [-0.2, -0.15) is 5.10 Å². The van der Waals surface area contributed by atoms with E-state index in [1.807, 2.05) is 6.07 Å². The van der Waals surface area contributed by atoms with Crippen molar-refractivity contribution < 1.29 is 0 Å². The molecule has 1 aromatic heterocycles. The second-order valence-corrected chi connectivity index (χ2v) is 7.51. The van der Waals surface area contributed by atoms with Crippen LogP contribution in [0.2, 0.25) is 0 Å². The number of nitrogens with zero attached hydrogens (tertiary/aromatic N) is 1. The summed E-state index contributed by atoms with van der Waals surface area (Å²) >= 11 is 0. The number of aromatic nitrogens is 2. The van der Waals surface area contributed by atoms with Gasteiger partial charge in [0, 0.05) is 11.6 Å². The Labute approximate surface area is 121 Å². The van der Waals surface area contributed by atoms with Crippen LogP contribution in [0.25, 0.3) is 11.3 Å². The Bertz CT molecular complexity index is 578. The molecule has 0 radical (unpaired) electrons. The number of nitrogens with two attached hydrogens (primary N) is 1. The van der Waals surface area contributed by atoms with Gasteiger partial charge in [0.25, 0.3) is 0 Å². The summed E-state index contributed by atoms with van der Waals surface area (Å²) in [4.78, 5) is 0. The third-order valence-electron chi connectivity index (χ3n) is 3.57. The molecule has 3 nitrogen and oxygen atoms in total. The van der Waals surface area contributed by atoms with Crippen molar-refractivity contribution in [1.82, 2.24) is 10.2 Å². The van der Waals surface area contributed by atoms with Crippen LogP contribution in [0.1, 0.15) is 52.7 Å². The van der Waals surface area contributed by atoms with Crippen molar-refractivity contribution in [1.29, 1.82) is 0 Å². The maximum atomic E-state index is 5.72.